The molecule has 2 rings (SSSR count). The molecule has 0 bridgehead atoms. The van der Waals surface area contributed by atoms with Crippen molar-refractivity contribution in [2.75, 3.05) is 26.0 Å². The summed E-state index contributed by atoms with van der Waals surface area (Å²) in [6, 6.07) is 12.5. The first-order valence-electron chi connectivity index (χ1n) is 7.39. The van der Waals surface area contributed by atoms with Crippen molar-refractivity contribution in [2.24, 2.45) is 0 Å². The topological polar surface area (TPSA) is 81.4 Å². The number of ether oxygens (including phenoxy) is 1. The van der Waals surface area contributed by atoms with Gasteiger partial charge in [-0.05, 0) is 54.3 Å². The van der Waals surface area contributed by atoms with Crippen molar-refractivity contribution < 1.29 is 13.2 Å². The van der Waals surface area contributed by atoms with Crippen molar-refractivity contribution >= 4 is 15.7 Å². The predicted molar refractivity (Wildman–Crippen MR) is 92.7 cm³/mol. The van der Waals surface area contributed by atoms with Gasteiger partial charge in [-0.2, -0.15) is 0 Å². The summed E-state index contributed by atoms with van der Waals surface area (Å²) >= 11 is 0. The van der Waals surface area contributed by atoms with E-state index in [1.54, 1.807) is 31.4 Å². The summed E-state index contributed by atoms with van der Waals surface area (Å²) in [5.74, 6) is 0. The van der Waals surface area contributed by atoms with Crippen LogP contribution in [0.25, 0.3) is 11.1 Å². The van der Waals surface area contributed by atoms with Crippen molar-refractivity contribution in [1.29, 1.82) is 0 Å². The molecule has 0 unspecified atom stereocenters. The zero-order valence-corrected chi connectivity index (χ0v) is 14.2. The van der Waals surface area contributed by atoms with E-state index in [0.29, 0.717) is 25.3 Å². The van der Waals surface area contributed by atoms with Crippen molar-refractivity contribution in [3.05, 3.63) is 48.0 Å². The highest BCUT2D eigenvalue weighted by atomic mass is 32.2. The van der Waals surface area contributed by atoms with Crippen LogP contribution >= 0.6 is 0 Å². The molecule has 0 atom stereocenters. The highest BCUT2D eigenvalue weighted by molar-refractivity contribution is 7.89. The van der Waals surface area contributed by atoms with Crippen molar-refractivity contribution in [2.45, 2.75) is 18.2 Å². The molecule has 0 aliphatic carbocycles. The van der Waals surface area contributed by atoms with Crippen LogP contribution in [0.5, 0.6) is 0 Å². The molecule has 0 amide bonds. The molecule has 6 heteroatoms. The first kappa shape index (κ1) is 17.5. The Morgan fingerprint density at radius 1 is 1.13 bits per heavy atom. The smallest absolute Gasteiger partial charge is 0.240 e. The molecule has 2 aromatic rings. The largest absolute Gasteiger partial charge is 0.399 e. The second-order valence-electron chi connectivity index (χ2n) is 5.34. The van der Waals surface area contributed by atoms with E-state index in [-0.39, 0.29) is 4.90 Å². The Morgan fingerprint density at radius 2 is 1.83 bits per heavy atom. The minimum absolute atomic E-state index is 0.250. The fourth-order valence-corrected chi connectivity index (χ4v) is 3.34. The standard InChI is InChI=1S/C17H22N2O3S/c1-13-4-7-15(18)12-17(13)14-5-8-16(9-6-14)23(20,21)19-10-3-11-22-2/h4-9,12,19H,3,10-11,18H2,1-2H3. The molecule has 0 aliphatic rings. The molecule has 0 heterocycles. The Bertz CT molecular complexity index is 756. The van der Waals surface area contributed by atoms with E-state index in [9.17, 15) is 8.42 Å². The van der Waals surface area contributed by atoms with E-state index in [1.807, 2.05) is 25.1 Å². The number of nitrogens with one attached hydrogen (secondary N) is 1. The van der Waals surface area contributed by atoms with Crippen molar-refractivity contribution in [1.82, 2.24) is 4.72 Å². The average molecular weight is 334 g/mol. The van der Waals surface area contributed by atoms with E-state index in [4.69, 9.17) is 10.5 Å². The van der Waals surface area contributed by atoms with Gasteiger partial charge in [0, 0.05) is 25.9 Å². The SMILES string of the molecule is COCCCNS(=O)(=O)c1ccc(-c2cc(N)ccc2C)cc1. The van der Waals surface area contributed by atoms with E-state index in [2.05, 4.69) is 4.72 Å². The maximum absolute atomic E-state index is 12.2. The van der Waals surface area contributed by atoms with E-state index in [0.717, 1.165) is 16.7 Å². The normalized spacial score (nSPS) is 11.6. The lowest BCUT2D eigenvalue weighted by atomic mass is 10.0. The summed E-state index contributed by atoms with van der Waals surface area (Å²) < 4.78 is 31.8. The number of sulfonamides is 1. The molecule has 3 N–H and O–H groups in total. The number of hydrogen-bond acceptors (Lipinski definition) is 4. The predicted octanol–water partition coefficient (Wildman–Crippen LogP) is 2.56. The highest BCUT2D eigenvalue weighted by Crippen LogP contribution is 2.26. The summed E-state index contributed by atoms with van der Waals surface area (Å²) in [5, 5.41) is 0. The third-order valence-electron chi connectivity index (χ3n) is 3.55. The molecule has 0 fully saturated rings. The van der Waals surface area contributed by atoms with Gasteiger partial charge in [0.1, 0.15) is 0 Å². The number of aryl methyl sites for hydroxylation is 1. The Kier molecular flexibility index (Phi) is 5.76. The molecular formula is C17H22N2O3S. The van der Waals surface area contributed by atoms with Gasteiger partial charge in [-0.25, -0.2) is 13.1 Å². The Hall–Kier alpha value is -1.89. The third kappa shape index (κ3) is 4.54. The lowest BCUT2D eigenvalue weighted by Gasteiger charge is -2.10. The van der Waals surface area contributed by atoms with Gasteiger partial charge in [-0.3, -0.25) is 0 Å². The zero-order chi connectivity index (χ0) is 16.9. The monoisotopic (exact) mass is 334 g/mol. The van der Waals surface area contributed by atoms with Crippen molar-refractivity contribution in [3.8, 4) is 11.1 Å². The van der Waals surface area contributed by atoms with E-state index >= 15 is 0 Å². The van der Waals surface area contributed by atoms with E-state index in [1.165, 1.54) is 0 Å². The van der Waals surface area contributed by atoms with Gasteiger partial charge < -0.3 is 10.5 Å². The van der Waals surface area contributed by atoms with Crippen molar-refractivity contribution in [3.63, 3.8) is 0 Å². The van der Waals surface area contributed by atoms with Crippen LogP contribution in [-0.2, 0) is 14.8 Å². The van der Waals surface area contributed by atoms with Crippen LogP contribution in [0, 0.1) is 6.92 Å². The van der Waals surface area contributed by atoms with Gasteiger partial charge in [-0.1, -0.05) is 18.2 Å². The van der Waals surface area contributed by atoms with Crippen LogP contribution in [-0.4, -0.2) is 28.7 Å². The summed E-state index contributed by atoms with van der Waals surface area (Å²) in [6.07, 6.45) is 0.635. The second kappa shape index (κ2) is 7.59. The van der Waals surface area contributed by atoms with Gasteiger partial charge in [0.25, 0.3) is 0 Å². The molecule has 0 radical (unpaired) electrons. The van der Waals surface area contributed by atoms with Crippen LogP contribution in [0.4, 0.5) is 5.69 Å². The molecule has 23 heavy (non-hydrogen) atoms. The number of nitrogen functional groups attached to an aromatic ring is 1. The molecule has 0 saturated heterocycles. The Balaban J connectivity index is 2.17. The number of nitrogens with two attached hydrogens (primary N) is 1. The quantitative estimate of drug-likeness (QED) is 0.602. The number of benzene rings is 2. The Labute approximate surface area is 137 Å². The summed E-state index contributed by atoms with van der Waals surface area (Å²) in [5.41, 5.74) is 9.54. The molecule has 0 saturated carbocycles. The number of hydrogen-bond donors (Lipinski definition) is 2. The first-order chi connectivity index (χ1) is 10.9. The third-order valence-corrected chi connectivity index (χ3v) is 5.03. The molecule has 0 aromatic heterocycles. The van der Waals surface area contributed by atoms with Gasteiger partial charge in [0.2, 0.25) is 10.0 Å². The minimum atomic E-state index is -3.49. The minimum Gasteiger partial charge on any atom is -0.399 e. The maximum Gasteiger partial charge on any atom is 0.240 e. The van der Waals surface area contributed by atoms with Gasteiger partial charge in [-0.15, -0.1) is 0 Å². The summed E-state index contributed by atoms with van der Waals surface area (Å²) in [6.45, 7) is 2.87. The van der Waals surface area contributed by atoms with Crippen LogP contribution in [0.1, 0.15) is 12.0 Å². The van der Waals surface area contributed by atoms with Gasteiger partial charge in [0.15, 0.2) is 0 Å². The molecule has 0 spiro atoms. The zero-order valence-electron chi connectivity index (χ0n) is 13.4. The fourth-order valence-electron chi connectivity index (χ4n) is 2.27. The van der Waals surface area contributed by atoms with Crippen LogP contribution in [0.2, 0.25) is 0 Å². The highest BCUT2D eigenvalue weighted by Gasteiger charge is 2.13. The maximum atomic E-state index is 12.2. The first-order valence-corrected chi connectivity index (χ1v) is 8.87. The number of anilines is 1. The fraction of sp³-hybridized carbons (Fsp3) is 0.294. The number of methoxy groups -OCH3 is 1. The molecular weight excluding hydrogens is 312 g/mol. The Morgan fingerprint density at radius 3 is 2.48 bits per heavy atom. The average Bonchev–Trinajstić information content (AvgIpc) is 2.54. The number of rotatable bonds is 7. The second-order valence-corrected chi connectivity index (χ2v) is 7.11. The molecule has 0 aliphatic heterocycles. The molecule has 2 aromatic carbocycles. The van der Waals surface area contributed by atoms with Crippen LogP contribution in [0.15, 0.2) is 47.4 Å². The van der Waals surface area contributed by atoms with E-state index < -0.39 is 10.0 Å². The lowest BCUT2D eigenvalue weighted by molar-refractivity contribution is 0.196. The lowest BCUT2D eigenvalue weighted by Crippen LogP contribution is -2.25. The van der Waals surface area contributed by atoms with Gasteiger partial charge in [0.05, 0.1) is 4.90 Å². The summed E-state index contributed by atoms with van der Waals surface area (Å²) in [7, 11) is -1.90. The van der Waals surface area contributed by atoms with Crippen LogP contribution < -0.4 is 10.5 Å². The summed E-state index contributed by atoms with van der Waals surface area (Å²) in [4.78, 5) is 0.250. The van der Waals surface area contributed by atoms with Crippen LogP contribution in [0.3, 0.4) is 0 Å². The van der Waals surface area contributed by atoms with Gasteiger partial charge >= 0.3 is 0 Å². The molecule has 5 nitrogen and oxygen atoms in total. The molecule has 124 valence electrons.